The molecule has 1 heterocycles. The highest BCUT2D eigenvalue weighted by Gasteiger charge is 2.20. The van der Waals surface area contributed by atoms with Crippen molar-refractivity contribution in [3.63, 3.8) is 0 Å². The third kappa shape index (κ3) is 7.71. The van der Waals surface area contributed by atoms with Crippen LogP contribution in [0.25, 0.3) is 0 Å². The van der Waals surface area contributed by atoms with Gasteiger partial charge in [-0.1, -0.05) is 39.5 Å². The largest absolute Gasteiger partial charge is 0.371 e. The second kappa shape index (κ2) is 12.5. The highest BCUT2D eigenvalue weighted by atomic mass is 16.2. The van der Waals surface area contributed by atoms with E-state index in [9.17, 15) is 9.59 Å². The Morgan fingerprint density at radius 3 is 2.45 bits per heavy atom. The van der Waals surface area contributed by atoms with Gasteiger partial charge >= 0.3 is 0 Å². The van der Waals surface area contributed by atoms with Gasteiger partial charge in [-0.2, -0.15) is 0 Å². The summed E-state index contributed by atoms with van der Waals surface area (Å²) in [5.74, 6) is -0.0314. The zero-order valence-corrected chi connectivity index (χ0v) is 18.6. The highest BCUT2D eigenvalue weighted by molar-refractivity contribution is 6.02. The molecule has 2 rings (SSSR count). The van der Waals surface area contributed by atoms with Gasteiger partial charge in [0.05, 0.1) is 5.56 Å². The molecule has 162 valence electrons. The first kappa shape index (κ1) is 23.2. The average Bonchev–Trinajstić information content (AvgIpc) is 2.74. The first-order valence-corrected chi connectivity index (χ1v) is 11.5. The van der Waals surface area contributed by atoms with E-state index in [4.69, 9.17) is 0 Å². The lowest BCUT2D eigenvalue weighted by molar-refractivity contribution is -0.116. The van der Waals surface area contributed by atoms with Gasteiger partial charge < -0.3 is 15.5 Å². The molecule has 29 heavy (non-hydrogen) atoms. The Balaban J connectivity index is 2.08. The van der Waals surface area contributed by atoms with Gasteiger partial charge in [-0.15, -0.1) is 0 Å². The van der Waals surface area contributed by atoms with Crippen LogP contribution in [-0.2, 0) is 4.79 Å². The standard InChI is InChI=1S/C24H39N3O2/c1-4-6-7-8-10-13-23(28)26-20-14-15-22(27-16-11-9-12-17-27)21(18-20)24(29)25-19(3)5-2/h14-15,18-19H,4-13,16-17H2,1-3H3,(H,25,29)(H,26,28). The summed E-state index contributed by atoms with van der Waals surface area (Å²) in [5.41, 5.74) is 2.34. The first-order valence-electron chi connectivity index (χ1n) is 11.5. The number of amides is 2. The maximum atomic E-state index is 12.9. The van der Waals surface area contributed by atoms with E-state index in [1.165, 1.54) is 25.7 Å². The minimum atomic E-state index is -0.0596. The Morgan fingerprint density at radius 2 is 1.76 bits per heavy atom. The van der Waals surface area contributed by atoms with E-state index in [1.807, 2.05) is 25.1 Å². The molecule has 1 atom stereocenters. The molecule has 0 spiro atoms. The van der Waals surface area contributed by atoms with Crippen molar-refractivity contribution in [2.24, 2.45) is 0 Å². The monoisotopic (exact) mass is 401 g/mol. The predicted molar refractivity (Wildman–Crippen MR) is 122 cm³/mol. The minimum Gasteiger partial charge on any atom is -0.371 e. The third-order valence-corrected chi connectivity index (χ3v) is 5.72. The predicted octanol–water partition coefficient (Wildman–Crippen LogP) is 5.50. The Morgan fingerprint density at radius 1 is 1.03 bits per heavy atom. The second-order valence-electron chi connectivity index (χ2n) is 8.27. The smallest absolute Gasteiger partial charge is 0.253 e. The van der Waals surface area contributed by atoms with Crippen LogP contribution in [0.3, 0.4) is 0 Å². The van der Waals surface area contributed by atoms with Gasteiger partial charge in [0.15, 0.2) is 0 Å². The fourth-order valence-electron chi connectivity index (χ4n) is 3.72. The topological polar surface area (TPSA) is 61.4 Å². The summed E-state index contributed by atoms with van der Waals surface area (Å²) >= 11 is 0. The lowest BCUT2D eigenvalue weighted by atomic mass is 10.0. The summed E-state index contributed by atoms with van der Waals surface area (Å²) in [4.78, 5) is 27.6. The molecular weight excluding hydrogens is 362 g/mol. The van der Waals surface area contributed by atoms with Crippen molar-refractivity contribution in [2.75, 3.05) is 23.3 Å². The van der Waals surface area contributed by atoms with Crippen molar-refractivity contribution in [1.82, 2.24) is 5.32 Å². The van der Waals surface area contributed by atoms with Crippen molar-refractivity contribution in [2.45, 2.75) is 91.0 Å². The average molecular weight is 402 g/mol. The van der Waals surface area contributed by atoms with Gasteiger partial charge in [-0.3, -0.25) is 9.59 Å². The number of piperidine rings is 1. The molecule has 0 radical (unpaired) electrons. The van der Waals surface area contributed by atoms with Crippen LogP contribution < -0.4 is 15.5 Å². The maximum Gasteiger partial charge on any atom is 0.253 e. The van der Waals surface area contributed by atoms with Gasteiger partial charge in [-0.05, 0) is 57.2 Å². The minimum absolute atomic E-state index is 0.0282. The van der Waals surface area contributed by atoms with Gasteiger partial charge in [-0.25, -0.2) is 0 Å². The third-order valence-electron chi connectivity index (χ3n) is 5.72. The van der Waals surface area contributed by atoms with Crippen LogP contribution in [-0.4, -0.2) is 30.9 Å². The summed E-state index contributed by atoms with van der Waals surface area (Å²) < 4.78 is 0. The second-order valence-corrected chi connectivity index (χ2v) is 8.27. The molecule has 1 aromatic carbocycles. The van der Waals surface area contributed by atoms with Gasteiger partial charge in [0.1, 0.15) is 0 Å². The van der Waals surface area contributed by atoms with E-state index in [-0.39, 0.29) is 17.9 Å². The Hall–Kier alpha value is -2.04. The number of anilines is 2. The SMILES string of the molecule is CCCCCCCC(=O)Nc1ccc(N2CCCCC2)c(C(=O)NC(C)CC)c1. The van der Waals surface area contributed by atoms with Crippen LogP contribution in [0.15, 0.2) is 18.2 Å². The van der Waals surface area contributed by atoms with Crippen molar-refractivity contribution < 1.29 is 9.59 Å². The summed E-state index contributed by atoms with van der Waals surface area (Å²) in [6.07, 6.45) is 10.6. The molecule has 1 aromatic rings. The van der Waals surface area contributed by atoms with Crippen molar-refractivity contribution in [3.05, 3.63) is 23.8 Å². The Kier molecular flexibility index (Phi) is 10.0. The van der Waals surface area contributed by atoms with Crippen LogP contribution in [0.2, 0.25) is 0 Å². The Labute approximate surface area is 176 Å². The molecule has 5 nitrogen and oxygen atoms in total. The van der Waals surface area contributed by atoms with Crippen molar-refractivity contribution in [1.29, 1.82) is 0 Å². The fourth-order valence-corrected chi connectivity index (χ4v) is 3.72. The number of benzene rings is 1. The van der Waals surface area contributed by atoms with Crippen LogP contribution in [0.5, 0.6) is 0 Å². The summed E-state index contributed by atoms with van der Waals surface area (Å²) in [7, 11) is 0. The number of carbonyl (C=O) groups excluding carboxylic acids is 2. The highest BCUT2D eigenvalue weighted by Crippen LogP contribution is 2.27. The molecule has 0 aliphatic carbocycles. The van der Waals surface area contributed by atoms with Gasteiger partial charge in [0.25, 0.3) is 5.91 Å². The number of hydrogen-bond acceptors (Lipinski definition) is 3. The van der Waals surface area contributed by atoms with E-state index in [2.05, 4.69) is 29.4 Å². The van der Waals surface area contributed by atoms with Crippen LogP contribution in [0, 0.1) is 0 Å². The number of carbonyl (C=O) groups is 2. The van der Waals surface area contributed by atoms with Crippen LogP contribution in [0.4, 0.5) is 11.4 Å². The molecule has 1 unspecified atom stereocenters. The fraction of sp³-hybridized carbons (Fsp3) is 0.667. The molecule has 2 amide bonds. The van der Waals surface area contributed by atoms with Crippen LogP contribution >= 0.6 is 0 Å². The molecule has 0 saturated carbocycles. The zero-order valence-electron chi connectivity index (χ0n) is 18.6. The molecule has 2 N–H and O–H groups in total. The van der Waals surface area contributed by atoms with E-state index >= 15 is 0 Å². The quantitative estimate of drug-likeness (QED) is 0.481. The maximum absolute atomic E-state index is 12.9. The van der Waals surface area contributed by atoms with Crippen LogP contribution in [0.1, 0.15) is 95.3 Å². The van der Waals surface area contributed by atoms with Crippen molar-refractivity contribution in [3.8, 4) is 0 Å². The van der Waals surface area contributed by atoms with E-state index in [0.717, 1.165) is 50.9 Å². The molecule has 1 aliphatic heterocycles. The number of nitrogens with one attached hydrogen (secondary N) is 2. The molecular formula is C24H39N3O2. The number of nitrogens with zero attached hydrogens (tertiary/aromatic N) is 1. The number of rotatable bonds is 11. The summed E-state index contributed by atoms with van der Waals surface area (Å²) in [5, 5.41) is 6.07. The van der Waals surface area contributed by atoms with E-state index in [0.29, 0.717) is 17.7 Å². The Bertz CT molecular complexity index is 654. The zero-order chi connectivity index (χ0) is 21.1. The summed E-state index contributed by atoms with van der Waals surface area (Å²) in [6.45, 7) is 8.23. The lowest BCUT2D eigenvalue weighted by Gasteiger charge is -2.31. The van der Waals surface area contributed by atoms with E-state index in [1.54, 1.807) is 0 Å². The first-order chi connectivity index (χ1) is 14.0. The summed E-state index contributed by atoms with van der Waals surface area (Å²) in [6, 6.07) is 5.89. The molecule has 0 bridgehead atoms. The molecule has 1 fully saturated rings. The van der Waals surface area contributed by atoms with Gasteiger partial charge in [0, 0.05) is 36.9 Å². The number of hydrogen-bond donors (Lipinski definition) is 2. The lowest BCUT2D eigenvalue weighted by Crippen LogP contribution is -2.35. The molecule has 0 aromatic heterocycles. The molecule has 1 aliphatic rings. The van der Waals surface area contributed by atoms with Crippen molar-refractivity contribution >= 4 is 23.2 Å². The number of unbranched alkanes of at least 4 members (excludes halogenated alkanes) is 4. The molecule has 1 saturated heterocycles. The normalized spacial score (nSPS) is 15.1. The molecule has 5 heteroatoms. The van der Waals surface area contributed by atoms with E-state index < -0.39 is 0 Å². The van der Waals surface area contributed by atoms with Gasteiger partial charge in [0.2, 0.25) is 5.91 Å².